The Morgan fingerprint density at radius 2 is 1.95 bits per heavy atom. The summed E-state index contributed by atoms with van der Waals surface area (Å²) in [4.78, 5) is 14.2. The van der Waals surface area contributed by atoms with E-state index in [0.29, 0.717) is 19.4 Å². The van der Waals surface area contributed by atoms with E-state index in [-0.39, 0.29) is 17.6 Å². The van der Waals surface area contributed by atoms with E-state index < -0.39 is 0 Å². The highest BCUT2D eigenvalue weighted by atomic mass is 16.3. The number of likely N-dealkylation sites (tertiary alicyclic amines) is 1. The van der Waals surface area contributed by atoms with Gasteiger partial charge in [0.2, 0.25) is 5.91 Å². The molecule has 2 aliphatic rings. The molecule has 1 unspecified atom stereocenters. The summed E-state index contributed by atoms with van der Waals surface area (Å²) in [6, 6.07) is 0. The van der Waals surface area contributed by atoms with Gasteiger partial charge in [-0.3, -0.25) is 4.79 Å². The van der Waals surface area contributed by atoms with Crippen LogP contribution in [0, 0.1) is 5.92 Å². The number of amides is 1. The molecule has 1 heterocycles. The van der Waals surface area contributed by atoms with Crippen molar-refractivity contribution in [3.8, 4) is 0 Å². The van der Waals surface area contributed by atoms with Gasteiger partial charge in [-0.05, 0) is 39.0 Å². The monoisotopic (exact) mass is 267 g/mol. The van der Waals surface area contributed by atoms with Crippen molar-refractivity contribution in [1.29, 1.82) is 0 Å². The zero-order valence-electron chi connectivity index (χ0n) is 12.5. The molecule has 1 aliphatic heterocycles. The van der Waals surface area contributed by atoms with Gasteiger partial charge in [0.15, 0.2) is 0 Å². The Labute approximate surface area is 117 Å². The molecule has 2 fully saturated rings. The molecule has 0 aromatic rings. The summed E-state index contributed by atoms with van der Waals surface area (Å²) in [5.41, 5.74) is -0.165. The van der Waals surface area contributed by atoms with Crippen molar-refractivity contribution in [1.82, 2.24) is 4.90 Å². The van der Waals surface area contributed by atoms with Crippen molar-refractivity contribution in [2.24, 2.45) is 5.92 Å². The zero-order valence-corrected chi connectivity index (χ0v) is 12.5. The Morgan fingerprint density at radius 3 is 2.53 bits per heavy atom. The van der Waals surface area contributed by atoms with Crippen molar-refractivity contribution < 1.29 is 9.90 Å². The molecule has 0 aromatic carbocycles. The van der Waals surface area contributed by atoms with Crippen molar-refractivity contribution in [3.05, 3.63) is 0 Å². The van der Waals surface area contributed by atoms with Crippen LogP contribution >= 0.6 is 0 Å². The lowest BCUT2D eigenvalue weighted by Crippen LogP contribution is -2.42. The minimum atomic E-state index is -0.336. The Bertz CT molecular complexity index is 308. The SMILES string of the molecule is CC1(C)CC(O)CN1C(=O)CCCC1CCCCC1. The number of aliphatic hydroxyl groups is 1. The van der Waals surface area contributed by atoms with E-state index in [1.54, 1.807) is 0 Å². The van der Waals surface area contributed by atoms with Crippen molar-refractivity contribution in [2.45, 2.75) is 83.3 Å². The van der Waals surface area contributed by atoms with Crippen LogP contribution in [0.1, 0.15) is 71.6 Å². The van der Waals surface area contributed by atoms with Crippen LogP contribution in [0.3, 0.4) is 0 Å². The Kier molecular flexibility index (Phi) is 4.88. The lowest BCUT2D eigenvalue weighted by molar-refractivity contribution is -0.134. The average Bonchev–Trinajstić information content (AvgIpc) is 2.64. The number of hydrogen-bond donors (Lipinski definition) is 1. The fraction of sp³-hybridized carbons (Fsp3) is 0.938. The van der Waals surface area contributed by atoms with Gasteiger partial charge in [-0.15, -0.1) is 0 Å². The molecule has 3 heteroatoms. The largest absolute Gasteiger partial charge is 0.391 e. The van der Waals surface area contributed by atoms with E-state index in [1.807, 2.05) is 4.90 Å². The zero-order chi connectivity index (χ0) is 13.9. The van der Waals surface area contributed by atoms with E-state index in [0.717, 1.165) is 12.3 Å². The summed E-state index contributed by atoms with van der Waals surface area (Å²) >= 11 is 0. The molecule has 19 heavy (non-hydrogen) atoms. The van der Waals surface area contributed by atoms with E-state index in [9.17, 15) is 9.90 Å². The summed E-state index contributed by atoms with van der Waals surface area (Å²) in [7, 11) is 0. The lowest BCUT2D eigenvalue weighted by Gasteiger charge is -2.31. The smallest absolute Gasteiger partial charge is 0.223 e. The Hall–Kier alpha value is -0.570. The lowest BCUT2D eigenvalue weighted by atomic mass is 9.86. The first kappa shape index (κ1) is 14.8. The van der Waals surface area contributed by atoms with Crippen molar-refractivity contribution in [3.63, 3.8) is 0 Å². The van der Waals surface area contributed by atoms with E-state index >= 15 is 0 Å². The molecule has 1 atom stereocenters. The van der Waals surface area contributed by atoms with Gasteiger partial charge < -0.3 is 10.0 Å². The number of nitrogens with zero attached hydrogens (tertiary/aromatic N) is 1. The normalized spacial score (nSPS) is 27.7. The standard InChI is InChI=1S/C16H29NO2/c1-16(2)11-14(18)12-17(16)15(19)10-6-9-13-7-4-3-5-8-13/h13-14,18H,3-12H2,1-2H3. The number of carbonyl (C=O) groups excluding carboxylic acids is 1. The van der Waals surface area contributed by atoms with Crippen LogP contribution in [0.25, 0.3) is 0 Å². The predicted molar refractivity (Wildman–Crippen MR) is 76.8 cm³/mol. The van der Waals surface area contributed by atoms with Gasteiger partial charge in [0.05, 0.1) is 6.10 Å². The van der Waals surface area contributed by atoms with Gasteiger partial charge in [0, 0.05) is 18.5 Å². The topological polar surface area (TPSA) is 40.5 Å². The molecule has 0 aromatic heterocycles. The molecule has 1 N–H and O–H groups in total. The highest BCUT2D eigenvalue weighted by Gasteiger charge is 2.39. The average molecular weight is 267 g/mol. The summed E-state index contributed by atoms with van der Waals surface area (Å²) in [5, 5.41) is 9.72. The number of carbonyl (C=O) groups is 1. The maximum atomic E-state index is 12.3. The Balaban J connectivity index is 1.72. The molecule has 3 nitrogen and oxygen atoms in total. The molecule has 1 amide bonds. The number of β-amino-alcohol motifs (C(OH)–C–C–N with tert-alkyl or cyclic N) is 1. The molecule has 0 spiro atoms. The summed E-state index contributed by atoms with van der Waals surface area (Å²) in [6.07, 6.45) is 10.1. The van der Waals surface area contributed by atoms with Gasteiger partial charge in [0.25, 0.3) is 0 Å². The quantitative estimate of drug-likeness (QED) is 0.850. The molecule has 1 aliphatic carbocycles. The third-order valence-electron chi connectivity index (χ3n) is 4.89. The highest BCUT2D eigenvalue weighted by molar-refractivity contribution is 5.77. The molecule has 1 saturated heterocycles. The summed E-state index contributed by atoms with van der Waals surface area (Å²) in [6.45, 7) is 4.64. The number of hydrogen-bond acceptors (Lipinski definition) is 2. The highest BCUT2D eigenvalue weighted by Crippen LogP contribution is 2.31. The van der Waals surface area contributed by atoms with E-state index in [2.05, 4.69) is 13.8 Å². The van der Waals surface area contributed by atoms with Gasteiger partial charge in [0.1, 0.15) is 0 Å². The van der Waals surface area contributed by atoms with Crippen LogP contribution in [-0.4, -0.2) is 34.1 Å². The fourth-order valence-corrected chi connectivity index (χ4v) is 3.80. The van der Waals surface area contributed by atoms with Crippen LogP contribution in [0.5, 0.6) is 0 Å². The molecule has 1 saturated carbocycles. The van der Waals surface area contributed by atoms with E-state index in [1.165, 1.54) is 38.5 Å². The summed E-state index contributed by atoms with van der Waals surface area (Å²) < 4.78 is 0. The van der Waals surface area contributed by atoms with Crippen LogP contribution < -0.4 is 0 Å². The Morgan fingerprint density at radius 1 is 1.26 bits per heavy atom. The third kappa shape index (κ3) is 3.95. The second kappa shape index (κ2) is 6.25. The summed E-state index contributed by atoms with van der Waals surface area (Å²) in [5.74, 6) is 1.09. The first-order valence-corrected chi connectivity index (χ1v) is 7.97. The second-order valence-electron chi connectivity index (χ2n) is 7.07. The number of rotatable bonds is 4. The van der Waals surface area contributed by atoms with Gasteiger partial charge in [-0.25, -0.2) is 0 Å². The van der Waals surface area contributed by atoms with Crippen molar-refractivity contribution in [2.75, 3.05) is 6.54 Å². The molecular weight excluding hydrogens is 238 g/mol. The van der Waals surface area contributed by atoms with Gasteiger partial charge in [-0.2, -0.15) is 0 Å². The molecule has 110 valence electrons. The number of aliphatic hydroxyl groups excluding tert-OH is 1. The molecule has 2 rings (SSSR count). The first-order valence-electron chi connectivity index (χ1n) is 7.97. The first-order chi connectivity index (χ1) is 8.99. The third-order valence-corrected chi connectivity index (χ3v) is 4.89. The van der Waals surface area contributed by atoms with Crippen LogP contribution in [-0.2, 0) is 4.79 Å². The maximum Gasteiger partial charge on any atom is 0.223 e. The maximum absolute atomic E-state index is 12.3. The molecule has 0 bridgehead atoms. The van der Waals surface area contributed by atoms with Gasteiger partial charge >= 0.3 is 0 Å². The van der Waals surface area contributed by atoms with Crippen LogP contribution in [0.4, 0.5) is 0 Å². The van der Waals surface area contributed by atoms with Crippen LogP contribution in [0.2, 0.25) is 0 Å². The minimum absolute atomic E-state index is 0.165. The van der Waals surface area contributed by atoms with E-state index in [4.69, 9.17) is 0 Å². The van der Waals surface area contributed by atoms with Crippen molar-refractivity contribution >= 4 is 5.91 Å². The predicted octanol–water partition coefficient (Wildman–Crippen LogP) is 3.11. The second-order valence-corrected chi connectivity index (χ2v) is 7.07. The van der Waals surface area contributed by atoms with Gasteiger partial charge in [-0.1, -0.05) is 32.1 Å². The molecule has 0 radical (unpaired) electrons. The minimum Gasteiger partial charge on any atom is -0.391 e. The molecular formula is C16H29NO2. The van der Waals surface area contributed by atoms with Crippen LogP contribution in [0.15, 0.2) is 0 Å². The fourth-order valence-electron chi connectivity index (χ4n) is 3.80.